The molecule has 1 aliphatic rings. The molecule has 0 atom stereocenters. The zero-order valence-electron chi connectivity index (χ0n) is 22.4. The minimum atomic E-state index is -4.93. The van der Waals surface area contributed by atoms with Crippen LogP contribution in [-0.2, 0) is 15.9 Å². The van der Waals surface area contributed by atoms with Crippen LogP contribution in [0.5, 0.6) is 11.5 Å². The van der Waals surface area contributed by atoms with E-state index < -0.39 is 25.4 Å². The molecule has 4 aromatic rings. The molecule has 4 N–H and O–H groups in total. The van der Waals surface area contributed by atoms with Crippen molar-refractivity contribution in [3.63, 3.8) is 0 Å². The number of nitrogens with zero attached hydrogens (tertiary/aromatic N) is 5. The van der Waals surface area contributed by atoms with E-state index in [-0.39, 0.29) is 41.3 Å². The van der Waals surface area contributed by atoms with Crippen molar-refractivity contribution in [2.75, 3.05) is 37.4 Å². The molecule has 0 unspecified atom stereocenters. The van der Waals surface area contributed by atoms with E-state index in [1.54, 1.807) is 6.07 Å². The number of amides is 1. The van der Waals surface area contributed by atoms with Crippen molar-refractivity contribution < 1.29 is 37.2 Å². The molecule has 5 rings (SSSR count). The number of halogens is 2. The number of ether oxygens (including phenoxy) is 1. The van der Waals surface area contributed by atoms with Gasteiger partial charge in [0.05, 0.1) is 17.8 Å². The van der Waals surface area contributed by atoms with Crippen LogP contribution in [0.1, 0.15) is 12.8 Å². The molecule has 222 valence electrons. The normalized spacial score (nSPS) is 14.6. The fourth-order valence-corrected chi connectivity index (χ4v) is 4.89. The Kier molecular flexibility index (Phi) is 8.64. The molecule has 1 aliphatic heterocycles. The zero-order valence-corrected chi connectivity index (χ0v) is 23.3. The SMILES string of the molecule is CN1CCC(COc2cc3ncnc(Nc4ccn(CC(=O)Nc5cccc(F)c5F)n4)c3cc2OP(=O)(O)O)CC1. The first-order valence-electron chi connectivity index (χ1n) is 12.9. The second kappa shape index (κ2) is 12.4. The predicted molar refractivity (Wildman–Crippen MR) is 148 cm³/mol. The number of piperidine rings is 1. The van der Waals surface area contributed by atoms with Crippen molar-refractivity contribution in [3.05, 3.63) is 60.6 Å². The molecule has 1 fully saturated rings. The summed E-state index contributed by atoms with van der Waals surface area (Å²) in [5.41, 5.74) is 0.126. The van der Waals surface area contributed by atoms with Crippen molar-refractivity contribution in [2.24, 2.45) is 5.92 Å². The molecule has 1 amide bonds. The third-order valence-electron chi connectivity index (χ3n) is 6.65. The first-order valence-corrected chi connectivity index (χ1v) is 14.5. The van der Waals surface area contributed by atoms with Gasteiger partial charge in [-0.25, -0.2) is 23.3 Å². The molecule has 2 aromatic heterocycles. The number of carbonyl (C=O) groups is 1. The van der Waals surface area contributed by atoms with E-state index in [4.69, 9.17) is 9.26 Å². The average molecular weight is 604 g/mol. The molecule has 16 heteroatoms. The number of phosphoric ester groups is 1. The fraction of sp³-hybridized carbons (Fsp3) is 0.308. The van der Waals surface area contributed by atoms with Gasteiger partial charge in [-0.05, 0) is 57.1 Å². The van der Waals surface area contributed by atoms with Crippen molar-refractivity contribution >= 4 is 42.0 Å². The molecule has 13 nitrogen and oxygen atoms in total. The number of likely N-dealkylation sites (tertiary alicyclic amines) is 1. The summed E-state index contributed by atoms with van der Waals surface area (Å²) in [6, 6.07) is 7.91. The second-order valence-electron chi connectivity index (χ2n) is 9.85. The van der Waals surface area contributed by atoms with Gasteiger partial charge in [0.15, 0.2) is 29.0 Å². The Balaban J connectivity index is 1.32. The molecule has 0 radical (unpaired) electrons. The van der Waals surface area contributed by atoms with Gasteiger partial charge in [0.25, 0.3) is 0 Å². The third-order valence-corrected chi connectivity index (χ3v) is 7.08. The lowest BCUT2D eigenvalue weighted by atomic mass is 9.98. The van der Waals surface area contributed by atoms with Crippen molar-refractivity contribution in [3.8, 4) is 11.5 Å². The largest absolute Gasteiger partial charge is 0.524 e. The summed E-state index contributed by atoms with van der Waals surface area (Å²) in [5, 5.41) is 9.90. The minimum absolute atomic E-state index is 0.138. The third kappa shape index (κ3) is 7.36. The summed E-state index contributed by atoms with van der Waals surface area (Å²) >= 11 is 0. The Morgan fingerprint density at radius 1 is 1.14 bits per heavy atom. The summed E-state index contributed by atoms with van der Waals surface area (Å²) in [7, 11) is -2.87. The number of anilines is 3. The van der Waals surface area contributed by atoms with Gasteiger partial charge >= 0.3 is 7.82 Å². The summed E-state index contributed by atoms with van der Waals surface area (Å²) in [4.78, 5) is 42.1. The maximum Gasteiger partial charge on any atom is 0.524 e. The molecule has 0 saturated carbocycles. The molecular formula is C26H28F2N7O6P. The van der Waals surface area contributed by atoms with Crippen molar-refractivity contribution in [2.45, 2.75) is 19.4 Å². The lowest BCUT2D eigenvalue weighted by molar-refractivity contribution is -0.116. The fourth-order valence-electron chi connectivity index (χ4n) is 4.49. The molecule has 0 spiro atoms. The quantitative estimate of drug-likeness (QED) is 0.196. The van der Waals surface area contributed by atoms with Gasteiger partial charge in [-0.1, -0.05) is 6.07 Å². The molecular weight excluding hydrogens is 575 g/mol. The molecule has 3 heterocycles. The van der Waals surface area contributed by atoms with Crippen molar-refractivity contribution in [1.82, 2.24) is 24.6 Å². The average Bonchev–Trinajstić information content (AvgIpc) is 3.37. The zero-order chi connectivity index (χ0) is 29.9. The van der Waals surface area contributed by atoms with Crippen molar-refractivity contribution in [1.29, 1.82) is 0 Å². The van der Waals surface area contributed by atoms with E-state index in [0.717, 1.165) is 32.0 Å². The van der Waals surface area contributed by atoms with Gasteiger partial charge in [-0.3, -0.25) is 19.3 Å². The Morgan fingerprint density at radius 3 is 2.69 bits per heavy atom. The van der Waals surface area contributed by atoms with Crippen LogP contribution in [0.25, 0.3) is 10.9 Å². The maximum absolute atomic E-state index is 13.9. The van der Waals surface area contributed by atoms with Crippen LogP contribution in [0.4, 0.5) is 26.1 Å². The molecule has 2 aromatic carbocycles. The van der Waals surface area contributed by atoms with Gasteiger partial charge in [0.1, 0.15) is 18.7 Å². The van der Waals surface area contributed by atoms with Gasteiger partial charge in [-0.15, -0.1) is 0 Å². The van der Waals surface area contributed by atoms with E-state index in [0.29, 0.717) is 17.5 Å². The number of carbonyl (C=O) groups excluding carboxylic acids is 1. The maximum atomic E-state index is 13.9. The number of rotatable bonds is 10. The minimum Gasteiger partial charge on any atom is -0.489 e. The van der Waals surface area contributed by atoms with Crippen LogP contribution in [0.15, 0.2) is 48.9 Å². The number of benzene rings is 2. The monoisotopic (exact) mass is 603 g/mol. The van der Waals surface area contributed by atoms with E-state index in [9.17, 15) is 27.9 Å². The number of phosphoric acid groups is 1. The van der Waals surface area contributed by atoms with Crippen LogP contribution < -0.4 is 19.9 Å². The van der Waals surface area contributed by atoms with Crippen LogP contribution in [0.2, 0.25) is 0 Å². The van der Waals surface area contributed by atoms with Gasteiger partial charge in [-0.2, -0.15) is 5.10 Å². The lowest BCUT2D eigenvalue weighted by Gasteiger charge is -2.29. The Bertz CT molecular complexity index is 1640. The summed E-state index contributed by atoms with van der Waals surface area (Å²) in [6.45, 7) is 1.93. The summed E-state index contributed by atoms with van der Waals surface area (Å²) < 4.78 is 51.2. The number of fused-ring (bicyclic) bond motifs is 1. The molecule has 0 aliphatic carbocycles. The highest BCUT2D eigenvalue weighted by Crippen LogP contribution is 2.44. The van der Waals surface area contributed by atoms with Gasteiger partial charge < -0.3 is 24.8 Å². The number of hydrogen-bond donors (Lipinski definition) is 4. The van der Waals surface area contributed by atoms with Crippen LogP contribution >= 0.6 is 7.82 Å². The van der Waals surface area contributed by atoms with Crippen LogP contribution in [-0.4, -0.2) is 67.1 Å². The Hall–Kier alpha value is -4.17. The lowest BCUT2D eigenvalue weighted by Crippen LogP contribution is -2.32. The predicted octanol–water partition coefficient (Wildman–Crippen LogP) is 3.68. The molecule has 0 bridgehead atoms. The van der Waals surface area contributed by atoms with E-state index >= 15 is 0 Å². The van der Waals surface area contributed by atoms with E-state index in [1.165, 1.54) is 41.5 Å². The first-order chi connectivity index (χ1) is 20.0. The van der Waals surface area contributed by atoms with Crippen LogP contribution in [0, 0.1) is 17.6 Å². The second-order valence-corrected chi connectivity index (χ2v) is 11.0. The number of nitrogens with one attached hydrogen (secondary N) is 2. The van der Waals surface area contributed by atoms with Gasteiger partial charge in [0, 0.05) is 23.7 Å². The Labute approximate surface area is 238 Å². The van der Waals surface area contributed by atoms with Gasteiger partial charge in [0.2, 0.25) is 5.91 Å². The van der Waals surface area contributed by atoms with E-state index in [2.05, 4.69) is 37.6 Å². The number of aromatic nitrogens is 4. The van der Waals surface area contributed by atoms with E-state index in [1.807, 2.05) is 0 Å². The topological polar surface area (TPSA) is 164 Å². The number of hydrogen-bond acceptors (Lipinski definition) is 9. The highest BCUT2D eigenvalue weighted by molar-refractivity contribution is 7.46. The highest BCUT2D eigenvalue weighted by atomic mass is 31.2. The molecule has 1 saturated heterocycles. The standard InChI is InChI=1S/C26H28F2N7O6P/c1-34-8-5-16(6-9-34)14-40-21-12-20-17(11-22(21)41-42(37,38)39)26(30-15-29-20)32-23-7-10-35(33-23)13-24(36)31-19-4-2-3-18(27)25(19)28/h2-4,7,10-12,15-16H,5-6,8-9,13-14H2,1H3,(H,31,36)(H2,37,38,39)(H,29,30,32,33). The highest BCUT2D eigenvalue weighted by Gasteiger charge is 2.23. The van der Waals surface area contributed by atoms with Crippen LogP contribution in [0.3, 0.4) is 0 Å². The summed E-state index contributed by atoms with van der Waals surface area (Å²) in [6.07, 6.45) is 4.66. The summed E-state index contributed by atoms with van der Waals surface area (Å²) in [5.74, 6) is -2.11. The Morgan fingerprint density at radius 2 is 1.93 bits per heavy atom. The first kappa shape index (κ1) is 29.3. The molecule has 42 heavy (non-hydrogen) atoms. The smallest absolute Gasteiger partial charge is 0.489 e.